The Morgan fingerprint density at radius 1 is 1.47 bits per heavy atom. The van der Waals surface area contributed by atoms with Crippen LogP contribution in [0.5, 0.6) is 0 Å². The molecule has 0 bridgehead atoms. The molecule has 1 aromatic carbocycles. The van der Waals surface area contributed by atoms with Crippen LogP contribution in [-0.4, -0.2) is 37.5 Å². The zero-order valence-corrected chi connectivity index (χ0v) is 11.9. The Morgan fingerprint density at radius 3 is 2.63 bits per heavy atom. The first-order chi connectivity index (χ1) is 8.76. The van der Waals surface area contributed by atoms with Gasteiger partial charge in [-0.2, -0.15) is 0 Å². The average Bonchev–Trinajstić information content (AvgIpc) is 2.31. The second-order valence-electron chi connectivity index (χ2n) is 3.89. The lowest BCUT2D eigenvalue weighted by Crippen LogP contribution is -2.18. The Balaban J connectivity index is 2.92. The summed E-state index contributed by atoms with van der Waals surface area (Å²) in [6.45, 7) is 1.63. The Kier molecular flexibility index (Phi) is 5.02. The molecule has 6 nitrogen and oxygen atoms in total. The van der Waals surface area contributed by atoms with Crippen LogP contribution in [0.15, 0.2) is 12.1 Å². The van der Waals surface area contributed by atoms with Crippen molar-refractivity contribution in [2.45, 2.75) is 6.92 Å². The van der Waals surface area contributed by atoms with Crippen LogP contribution in [-0.2, 0) is 9.84 Å². The van der Waals surface area contributed by atoms with Gasteiger partial charge in [-0.25, -0.2) is 13.2 Å². The van der Waals surface area contributed by atoms with Gasteiger partial charge in [0.25, 0.3) is 0 Å². The molecule has 0 saturated carbocycles. The summed E-state index contributed by atoms with van der Waals surface area (Å²) >= 11 is 5.91. The fourth-order valence-electron chi connectivity index (χ4n) is 1.45. The van der Waals surface area contributed by atoms with E-state index in [1.165, 1.54) is 12.1 Å². The number of nitrogens with one attached hydrogen (secondary N) is 1. The molecule has 0 unspecified atom stereocenters. The van der Waals surface area contributed by atoms with E-state index >= 15 is 0 Å². The highest BCUT2D eigenvalue weighted by Gasteiger charge is 2.15. The zero-order chi connectivity index (χ0) is 14.6. The van der Waals surface area contributed by atoms with Gasteiger partial charge in [-0.3, -0.25) is 0 Å². The second-order valence-corrected chi connectivity index (χ2v) is 6.77. The largest absolute Gasteiger partial charge is 0.478 e. The third kappa shape index (κ3) is 4.29. The lowest BCUT2D eigenvalue weighted by molar-refractivity contribution is 0.0698. The molecule has 0 heterocycles. The van der Waals surface area contributed by atoms with Gasteiger partial charge < -0.3 is 16.2 Å². The van der Waals surface area contributed by atoms with Crippen LogP contribution in [0.25, 0.3) is 0 Å². The number of nitrogens with two attached hydrogens (primary N) is 1. The number of rotatable bonds is 6. The maximum atomic E-state index is 11.3. The molecular weight excluding hydrogens is 292 g/mol. The van der Waals surface area contributed by atoms with E-state index in [4.69, 9.17) is 22.4 Å². The maximum Gasteiger partial charge on any atom is 0.337 e. The minimum atomic E-state index is -3.12. The Labute approximate surface area is 116 Å². The standard InChI is InChI=1S/C11H15ClN2O4S/c1-2-19(17,18)4-3-14-10-8(11(15)16)5-7(13)6-9(10)12/h5-6,14H,2-4,13H2,1H3,(H,15,16). The number of benzene rings is 1. The van der Waals surface area contributed by atoms with Crippen molar-refractivity contribution < 1.29 is 18.3 Å². The molecule has 0 aliphatic heterocycles. The number of sulfone groups is 1. The molecule has 0 aliphatic carbocycles. The van der Waals surface area contributed by atoms with Crippen molar-refractivity contribution in [3.63, 3.8) is 0 Å². The van der Waals surface area contributed by atoms with Gasteiger partial charge in [-0.05, 0) is 12.1 Å². The van der Waals surface area contributed by atoms with E-state index in [-0.39, 0.29) is 40.0 Å². The molecular formula is C11H15ClN2O4S. The van der Waals surface area contributed by atoms with Crippen molar-refractivity contribution in [2.24, 2.45) is 0 Å². The van der Waals surface area contributed by atoms with E-state index in [2.05, 4.69) is 5.32 Å². The fraction of sp³-hybridized carbons (Fsp3) is 0.364. The molecule has 19 heavy (non-hydrogen) atoms. The minimum absolute atomic E-state index is 0.0376. The minimum Gasteiger partial charge on any atom is -0.478 e. The van der Waals surface area contributed by atoms with Crippen molar-refractivity contribution in [2.75, 3.05) is 29.1 Å². The third-order valence-corrected chi connectivity index (χ3v) is 4.50. The molecule has 0 aromatic heterocycles. The topological polar surface area (TPSA) is 109 Å². The number of halogens is 1. The Hall–Kier alpha value is -1.47. The highest BCUT2D eigenvalue weighted by Crippen LogP contribution is 2.29. The first kappa shape index (κ1) is 15.6. The number of nitrogen functional groups attached to an aromatic ring is 1. The second kappa shape index (κ2) is 6.12. The molecule has 0 amide bonds. The predicted octanol–water partition coefficient (Wildman–Crippen LogP) is 1.47. The van der Waals surface area contributed by atoms with Crippen molar-refractivity contribution in [1.82, 2.24) is 0 Å². The molecule has 0 saturated heterocycles. The van der Waals surface area contributed by atoms with Crippen LogP contribution in [0, 0.1) is 0 Å². The van der Waals surface area contributed by atoms with Crippen LogP contribution in [0.2, 0.25) is 5.02 Å². The molecule has 0 spiro atoms. The highest BCUT2D eigenvalue weighted by atomic mass is 35.5. The van der Waals surface area contributed by atoms with Crippen molar-refractivity contribution in [3.8, 4) is 0 Å². The van der Waals surface area contributed by atoms with Crippen LogP contribution in [0.1, 0.15) is 17.3 Å². The Morgan fingerprint density at radius 2 is 2.11 bits per heavy atom. The van der Waals surface area contributed by atoms with Crippen LogP contribution >= 0.6 is 11.6 Å². The first-order valence-corrected chi connectivity index (χ1v) is 7.73. The summed E-state index contributed by atoms with van der Waals surface area (Å²) in [6.07, 6.45) is 0. The predicted molar refractivity (Wildman–Crippen MR) is 75.6 cm³/mol. The van der Waals surface area contributed by atoms with Gasteiger partial charge in [0.2, 0.25) is 0 Å². The Bertz CT molecular complexity index is 587. The van der Waals surface area contributed by atoms with Crippen LogP contribution in [0.3, 0.4) is 0 Å². The molecule has 8 heteroatoms. The van der Waals surface area contributed by atoms with Crippen LogP contribution in [0.4, 0.5) is 11.4 Å². The molecule has 1 aromatic rings. The van der Waals surface area contributed by atoms with E-state index in [0.717, 1.165) is 0 Å². The summed E-state index contributed by atoms with van der Waals surface area (Å²) in [6, 6.07) is 2.68. The molecule has 0 radical (unpaired) electrons. The summed E-state index contributed by atoms with van der Waals surface area (Å²) < 4.78 is 22.7. The third-order valence-electron chi connectivity index (χ3n) is 2.50. The van der Waals surface area contributed by atoms with Gasteiger partial charge in [0.15, 0.2) is 9.84 Å². The SMILES string of the molecule is CCS(=O)(=O)CCNc1c(Cl)cc(N)cc1C(=O)O. The van der Waals surface area contributed by atoms with Crippen molar-refractivity contribution >= 4 is 38.8 Å². The number of aromatic carboxylic acids is 1. The lowest BCUT2D eigenvalue weighted by atomic mass is 10.1. The summed E-state index contributed by atoms with van der Waals surface area (Å²) in [5.74, 6) is -1.24. The average molecular weight is 307 g/mol. The summed E-state index contributed by atoms with van der Waals surface area (Å²) in [5, 5.41) is 11.9. The van der Waals surface area contributed by atoms with E-state index in [0.29, 0.717) is 0 Å². The number of carboxylic acid groups (broad SMARTS) is 1. The number of carbonyl (C=O) groups is 1. The molecule has 106 valence electrons. The zero-order valence-electron chi connectivity index (χ0n) is 10.3. The fourth-order valence-corrected chi connectivity index (χ4v) is 2.45. The van der Waals surface area contributed by atoms with Crippen molar-refractivity contribution in [3.05, 3.63) is 22.7 Å². The number of anilines is 2. The number of hydrogen-bond donors (Lipinski definition) is 3. The monoisotopic (exact) mass is 306 g/mol. The van der Waals surface area contributed by atoms with E-state index < -0.39 is 15.8 Å². The number of carboxylic acids is 1. The smallest absolute Gasteiger partial charge is 0.337 e. The highest BCUT2D eigenvalue weighted by molar-refractivity contribution is 7.91. The summed E-state index contributed by atoms with van der Waals surface area (Å²) in [7, 11) is -3.12. The lowest BCUT2D eigenvalue weighted by Gasteiger charge is -2.12. The molecule has 1 rings (SSSR count). The van der Waals surface area contributed by atoms with E-state index in [9.17, 15) is 13.2 Å². The molecule has 0 aliphatic rings. The first-order valence-electron chi connectivity index (χ1n) is 5.53. The summed E-state index contributed by atoms with van der Waals surface area (Å²) in [5.41, 5.74) is 5.84. The maximum absolute atomic E-state index is 11.3. The quantitative estimate of drug-likeness (QED) is 0.687. The van der Waals surface area contributed by atoms with E-state index in [1.54, 1.807) is 6.92 Å². The van der Waals surface area contributed by atoms with Gasteiger partial charge in [-0.1, -0.05) is 18.5 Å². The normalized spacial score (nSPS) is 11.3. The van der Waals surface area contributed by atoms with Gasteiger partial charge in [-0.15, -0.1) is 0 Å². The molecule has 0 fully saturated rings. The van der Waals surface area contributed by atoms with Crippen LogP contribution < -0.4 is 11.1 Å². The number of hydrogen-bond acceptors (Lipinski definition) is 5. The summed E-state index contributed by atoms with van der Waals surface area (Å²) in [4.78, 5) is 11.1. The van der Waals surface area contributed by atoms with Gasteiger partial charge in [0, 0.05) is 18.0 Å². The van der Waals surface area contributed by atoms with E-state index in [1.807, 2.05) is 0 Å². The van der Waals surface area contributed by atoms with Gasteiger partial charge in [0.05, 0.1) is 22.0 Å². The van der Waals surface area contributed by atoms with Gasteiger partial charge in [0.1, 0.15) is 0 Å². The van der Waals surface area contributed by atoms with Crippen molar-refractivity contribution in [1.29, 1.82) is 0 Å². The molecule has 0 atom stereocenters. The van der Waals surface area contributed by atoms with Gasteiger partial charge >= 0.3 is 5.97 Å². The molecule has 4 N–H and O–H groups in total.